The molecule has 0 aliphatic carbocycles. The Morgan fingerprint density at radius 3 is 1.89 bits per heavy atom. The van der Waals surface area contributed by atoms with Crippen LogP contribution in [0.4, 0.5) is 26.3 Å². The van der Waals surface area contributed by atoms with Crippen LogP contribution in [-0.4, -0.2) is 81.2 Å². The van der Waals surface area contributed by atoms with Crippen molar-refractivity contribution in [2.24, 2.45) is 0 Å². The highest BCUT2D eigenvalue weighted by atomic mass is 28.4. The second kappa shape index (κ2) is 13.7. The van der Waals surface area contributed by atoms with E-state index in [2.05, 4.69) is 10.2 Å². The van der Waals surface area contributed by atoms with Gasteiger partial charge in [-0.3, -0.25) is 9.36 Å². The third-order valence-electron chi connectivity index (χ3n) is 4.59. The first-order valence-corrected chi connectivity index (χ1v) is 14.7. The van der Waals surface area contributed by atoms with E-state index in [9.17, 15) is 35.9 Å². The highest BCUT2D eigenvalue weighted by molar-refractivity contribution is 6.69. The topological polar surface area (TPSA) is 129 Å². The Morgan fingerprint density at radius 1 is 0.947 bits per heavy atom. The van der Waals surface area contributed by atoms with Crippen LogP contribution >= 0.6 is 0 Å². The summed E-state index contributed by atoms with van der Waals surface area (Å²) in [4.78, 5) is 22.2. The van der Waals surface area contributed by atoms with Crippen LogP contribution in [0.3, 0.4) is 0 Å². The van der Waals surface area contributed by atoms with Gasteiger partial charge < -0.3 is 19.4 Å². The third kappa shape index (κ3) is 11.2. The van der Waals surface area contributed by atoms with Gasteiger partial charge in [0, 0.05) is 38.3 Å². The number of aromatic carboxylic acids is 1. The van der Waals surface area contributed by atoms with Gasteiger partial charge in [-0.1, -0.05) is 0 Å². The summed E-state index contributed by atoms with van der Waals surface area (Å²) in [6.07, 6.45) is -11.9. The molecule has 0 spiro atoms. The van der Waals surface area contributed by atoms with Gasteiger partial charge in [-0.25, -0.2) is 9.59 Å². The maximum atomic E-state index is 13.0. The molecule has 0 amide bonds. The maximum absolute atomic E-state index is 13.0. The van der Waals surface area contributed by atoms with Crippen LogP contribution in [-0.2, 0) is 22.3 Å². The number of hydrogen-bond donors (Lipinski definition) is 2. The molecule has 2 heterocycles. The van der Waals surface area contributed by atoms with Crippen molar-refractivity contribution in [2.45, 2.75) is 77.1 Å². The number of ether oxygens (including phenoxy) is 1. The molecule has 2 unspecified atom stereocenters. The van der Waals surface area contributed by atoms with E-state index in [1.165, 1.54) is 29.2 Å². The summed E-state index contributed by atoms with van der Waals surface area (Å²) in [6.45, 7) is 6.55. The first-order chi connectivity index (χ1) is 17.4. The normalized spacial score (nSPS) is 13.9. The van der Waals surface area contributed by atoms with E-state index >= 15 is 0 Å². The molecule has 216 valence electrons. The molecular weight excluding hydrogens is 546 g/mol. The van der Waals surface area contributed by atoms with E-state index in [0.717, 1.165) is 4.68 Å². The Hall–Kier alpha value is -2.92. The molecule has 0 saturated carbocycles. The number of rotatable bonds is 11. The minimum Gasteiger partial charge on any atom is -0.477 e. The smallest absolute Gasteiger partial charge is 0.414 e. The Labute approximate surface area is 215 Å². The minimum atomic E-state index is -4.70. The number of carbonyl (C=O) groups is 2. The maximum Gasteiger partial charge on any atom is 0.414 e. The SMILES string of the molecule is CCOC(=O)c1ccnn1CCC(O[Si](C)(C)C)C(F)(F)F.O=C(O)c1ccnn1CCC(O)C(F)(F)F. The number of nitrogens with zero attached hydrogens (tertiary/aromatic N) is 4. The van der Waals surface area contributed by atoms with Gasteiger partial charge in [0.15, 0.2) is 14.4 Å². The summed E-state index contributed by atoms with van der Waals surface area (Å²) in [5.41, 5.74) is -0.0786. The van der Waals surface area contributed by atoms with Gasteiger partial charge in [0.1, 0.15) is 17.5 Å². The number of esters is 1. The van der Waals surface area contributed by atoms with Crippen LogP contribution in [0, 0.1) is 0 Å². The van der Waals surface area contributed by atoms with Gasteiger partial charge >= 0.3 is 24.3 Å². The molecular formula is C21H30F6N4O6Si. The van der Waals surface area contributed by atoms with E-state index in [1.807, 2.05) is 0 Å². The summed E-state index contributed by atoms with van der Waals surface area (Å²) >= 11 is 0. The number of aliphatic hydroxyl groups is 1. The van der Waals surface area contributed by atoms with Crippen LogP contribution in [0.5, 0.6) is 0 Å². The predicted molar refractivity (Wildman–Crippen MR) is 123 cm³/mol. The molecule has 38 heavy (non-hydrogen) atoms. The number of carboxylic acid groups (broad SMARTS) is 1. The average molecular weight is 577 g/mol. The van der Waals surface area contributed by atoms with Crippen LogP contribution < -0.4 is 0 Å². The largest absolute Gasteiger partial charge is 0.477 e. The second-order valence-electron chi connectivity index (χ2n) is 8.80. The number of carbonyl (C=O) groups excluding carboxylic acids is 1. The summed E-state index contributed by atoms with van der Waals surface area (Å²) < 4.78 is 87.1. The minimum absolute atomic E-state index is 0.0736. The third-order valence-corrected chi connectivity index (χ3v) is 5.58. The van der Waals surface area contributed by atoms with Crippen LogP contribution in [0.25, 0.3) is 0 Å². The lowest BCUT2D eigenvalue weighted by molar-refractivity contribution is -0.206. The van der Waals surface area contributed by atoms with E-state index in [-0.39, 0.29) is 37.5 Å². The van der Waals surface area contributed by atoms with Gasteiger partial charge in [-0.15, -0.1) is 0 Å². The van der Waals surface area contributed by atoms with Crippen molar-refractivity contribution in [2.75, 3.05) is 6.61 Å². The van der Waals surface area contributed by atoms with Crippen LogP contribution in [0.1, 0.15) is 40.7 Å². The van der Waals surface area contributed by atoms with Crippen molar-refractivity contribution >= 4 is 20.3 Å². The molecule has 0 saturated heterocycles. The second-order valence-corrected chi connectivity index (χ2v) is 13.3. The first-order valence-electron chi connectivity index (χ1n) is 11.3. The number of alkyl halides is 6. The summed E-state index contributed by atoms with van der Waals surface area (Å²) in [5.74, 6) is -1.88. The van der Waals surface area contributed by atoms with Gasteiger partial charge in [-0.05, 0) is 38.7 Å². The van der Waals surface area contributed by atoms with Crippen molar-refractivity contribution in [1.29, 1.82) is 0 Å². The van der Waals surface area contributed by atoms with Crippen molar-refractivity contribution in [3.8, 4) is 0 Å². The van der Waals surface area contributed by atoms with Crippen molar-refractivity contribution in [3.05, 3.63) is 35.9 Å². The van der Waals surface area contributed by atoms with Crippen molar-refractivity contribution in [1.82, 2.24) is 19.6 Å². The van der Waals surface area contributed by atoms with Gasteiger partial charge in [0.05, 0.1) is 6.61 Å². The Bertz CT molecular complexity index is 1030. The molecule has 2 N–H and O–H groups in total. The average Bonchev–Trinajstić information content (AvgIpc) is 3.42. The van der Waals surface area contributed by atoms with Crippen LogP contribution in [0.15, 0.2) is 24.5 Å². The van der Waals surface area contributed by atoms with E-state index in [0.29, 0.717) is 0 Å². The van der Waals surface area contributed by atoms with Gasteiger partial charge in [-0.2, -0.15) is 36.5 Å². The molecule has 0 fully saturated rings. The van der Waals surface area contributed by atoms with Gasteiger partial charge in [0.25, 0.3) is 0 Å². The summed E-state index contributed by atoms with van der Waals surface area (Å²) in [6, 6.07) is 2.59. The number of halogens is 6. The molecule has 0 aliphatic heterocycles. The Kier molecular flexibility index (Phi) is 12.0. The Balaban J connectivity index is 0.000000399. The molecule has 2 atom stereocenters. The molecule has 2 rings (SSSR count). The summed E-state index contributed by atoms with van der Waals surface area (Å²) in [7, 11) is -2.34. The van der Waals surface area contributed by atoms with Gasteiger partial charge in [0.2, 0.25) is 0 Å². The molecule has 0 aliphatic rings. The molecule has 10 nitrogen and oxygen atoms in total. The number of aromatic nitrogens is 4. The van der Waals surface area contributed by atoms with E-state index in [1.54, 1.807) is 26.6 Å². The Morgan fingerprint density at radius 2 is 1.45 bits per heavy atom. The van der Waals surface area contributed by atoms with Crippen LogP contribution in [0.2, 0.25) is 19.6 Å². The zero-order valence-corrected chi connectivity index (χ0v) is 22.1. The summed E-state index contributed by atoms with van der Waals surface area (Å²) in [5, 5.41) is 24.8. The number of aryl methyl sites for hydroxylation is 2. The lowest BCUT2D eigenvalue weighted by Gasteiger charge is -2.28. The molecule has 17 heteroatoms. The van der Waals surface area contributed by atoms with E-state index < -0.39 is 51.2 Å². The monoisotopic (exact) mass is 576 g/mol. The first kappa shape index (κ1) is 33.1. The fourth-order valence-corrected chi connectivity index (χ4v) is 4.05. The lowest BCUT2D eigenvalue weighted by Crippen LogP contribution is -2.41. The number of hydrogen-bond acceptors (Lipinski definition) is 7. The zero-order valence-electron chi connectivity index (χ0n) is 21.1. The molecule has 2 aromatic heterocycles. The molecule has 0 aromatic carbocycles. The van der Waals surface area contributed by atoms with Crippen molar-refractivity contribution < 1.29 is 55.3 Å². The standard InChI is InChI=1S/C13H21F3N2O3Si.C8H9F3N2O3/c1-5-20-12(19)10-6-8-17-18(10)9-7-11(13(14,15)16)21-22(2,3)4;9-8(10,11)6(14)2-4-13-5(7(15)16)1-3-12-13/h6,8,11H,5,7,9H2,1-4H3;1,3,6,14H,2,4H2,(H,15,16). The highest BCUT2D eigenvalue weighted by Gasteiger charge is 2.42. The number of carboxylic acids is 1. The lowest BCUT2D eigenvalue weighted by atomic mass is 10.2. The fraction of sp³-hybridized carbons (Fsp3) is 0.619. The zero-order chi connectivity index (χ0) is 29.3. The fourth-order valence-electron chi connectivity index (χ4n) is 2.95. The number of aliphatic hydroxyl groups excluding tert-OH is 1. The van der Waals surface area contributed by atoms with E-state index in [4.69, 9.17) is 19.4 Å². The molecule has 0 bridgehead atoms. The highest BCUT2D eigenvalue weighted by Crippen LogP contribution is 2.28. The van der Waals surface area contributed by atoms with Crippen molar-refractivity contribution in [3.63, 3.8) is 0 Å². The predicted octanol–water partition coefficient (Wildman–Crippen LogP) is 4.13. The molecule has 0 radical (unpaired) electrons. The molecule has 2 aromatic rings. The quantitative estimate of drug-likeness (QED) is 0.232.